The summed E-state index contributed by atoms with van der Waals surface area (Å²) in [6, 6.07) is 2.77. The van der Waals surface area contributed by atoms with Crippen LogP contribution in [0.25, 0.3) is 0 Å². The van der Waals surface area contributed by atoms with Crippen molar-refractivity contribution in [3.8, 4) is 11.5 Å². The van der Waals surface area contributed by atoms with Gasteiger partial charge in [0.05, 0.1) is 23.1 Å². The van der Waals surface area contributed by atoms with Gasteiger partial charge in [0.15, 0.2) is 5.78 Å². The van der Waals surface area contributed by atoms with E-state index in [1.165, 1.54) is 12.1 Å². The van der Waals surface area contributed by atoms with Gasteiger partial charge >= 0.3 is 0 Å². The fourth-order valence-corrected chi connectivity index (χ4v) is 2.44. The summed E-state index contributed by atoms with van der Waals surface area (Å²) in [6.07, 6.45) is 7.49. The van der Waals surface area contributed by atoms with Crippen molar-refractivity contribution in [2.24, 2.45) is 5.92 Å². The number of rotatable bonds is 5. The molecule has 1 aromatic carbocycles. The number of hydrogen-bond donors (Lipinski definition) is 2. The van der Waals surface area contributed by atoms with Crippen LogP contribution in [-0.4, -0.2) is 29.2 Å². The van der Waals surface area contributed by atoms with E-state index >= 15 is 0 Å². The number of aliphatic hydroxyl groups is 1. The third kappa shape index (κ3) is 3.40. The lowest BCUT2D eigenvalue weighted by molar-refractivity contribution is 0.0866. The number of aliphatic hydroxyl groups excluding tert-OH is 1. The van der Waals surface area contributed by atoms with Crippen molar-refractivity contribution in [1.29, 1.82) is 0 Å². The smallest absolute Gasteiger partial charge is 0.177 e. The lowest BCUT2D eigenvalue weighted by atomic mass is 9.87. The van der Waals surface area contributed by atoms with E-state index in [9.17, 15) is 9.90 Å². The van der Waals surface area contributed by atoms with Crippen LogP contribution in [0, 0.1) is 5.92 Å². The van der Waals surface area contributed by atoms with Gasteiger partial charge in [0.2, 0.25) is 0 Å². The van der Waals surface area contributed by atoms with Gasteiger partial charge in [-0.15, -0.1) is 6.58 Å². The maximum atomic E-state index is 12.7. The van der Waals surface area contributed by atoms with Crippen molar-refractivity contribution < 1.29 is 19.7 Å². The summed E-state index contributed by atoms with van der Waals surface area (Å²) in [6.45, 7) is 3.72. The number of ether oxygens (including phenoxy) is 1. The zero-order valence-electron chi connectivity index (χ0n) is 12.0. The first-order valence-corrected chi connectivity index (χ1v) is 7.24. The number of fused-ring (bicyclic) bond motifs is 1. The molecule has 22 heavy (non-hydrogen) atoms. The molecule has 2 rings (SSSR count). The molecule has 5 heteroatoms. The van der Waals surface area contributed by atoms with E-state index in [2.05, 4.69) is 6.58 Å². The normalized spacial score (nSPS) is 18.2. The molecule has 0 aliphatic carbocycles. The molecular weight excluding hydrogens is 304 g/mol. The highest BCUT2D eigenvalue weighted by Gasteiger charge is 2.31. The van der Waals surface area contributed by atoms with Crippen molar-refractivity contribution in [1.82, 2.24) is 0 Å². The van der Waals surface area contributed by atoms with Crippen LogP contribution in [-0.2, 0) is 0 Å². The van der Waals surface area contributed by atoms with E-state index in [-0.39, 0.29) is 29.8 Å². The molecule has 1 heterocycles. The molecule has 1 unspecified atom stereocenters. The summed E-state index contributed by atoms with van der Waals surface area (Å²) in [7, 11) is 0. The third-order valence-electron chi connectivity index (χ3n) is 3.37. The third-order valence-corrected chi connectivity index (χ3v) is 3.68. The number of phenols is 1. The highest BCUT2D eigenvalue weighted by molar-refractivity contribution is 6.32. The van der Waals surface area contributed by atoms with E-state index in [1.807, 2.05) is 6.08 Å². The van der Waals surface area contributed by atoms with Gasteiger partial charge in [-0.25, -0.2) is 0 Å². The molecule has 0 fully saturated rings. The van der Waals surface area contributed by atoms with E-state index in [4.69, 9.17) is 21.4 Å². The summed E-state index contributed by atoms with van der Waals surface area (Å²) in [4.78, 5) is 12.7. The number of halogens is 1. The SMILES string of the molecule is C=CC/C=C(\C=C/CO)C1COc2cc(O)c(Cl)cc2C1=O. The Morgan fingerprint density at radius 2 is 2.27 bits per heavy atom. The van der Waals surface area contributed by atoms with Gasteiger partial charge < -0.3 is 14.9 Å². The summed E-state index contributed by atoms with van der Waals surface area (Å²) in [5.74, 6) is -0.386. The Balaban J connectivity index is 2.37. The number of benzene rings is 1. The van der Waals surface area contributed by atoms with Crippen LogP contribution < -0.4 is 4.74 Å². The van der Waals surface area contributed by atoms with Crippen LogP contribution in [0.5, 0.6) is 11.5 Å². The van der Waals surface area contributed by atoms with Gasteiger partial charge in [0, 0.05) is 6.07 Å². The van der Waals surface area contributed by atoms with Crippen LogP contribution in [0.1, 0.15) is 16.8 Å². The predicted octanol–water partition coefficient (Wildman–Crippen LogP) is 3.29. The maximum absolute atomic E-state index is 12.7. The molecule has 0 amide bonds. The second-order valence-electron chi connectivity index (χ2n) is 4.84. The van der Waals surface area contributed by atoms with E-state index in [1.54, 1.807) is 18.2 Å². The highest BCUT2D eigenvalue weighted by Crippen LogP contribution is 2.37. The maximum Gasteiger partial charge on any atom is 0.177 e. The van der Waals surface area contributed by atoms with Crippen LogP contribution in [0.3, 0.4) is 0 Å². The Morgan fingerprint density at radius 3 is 2.95 bits per heavy atom. The number of Topliss-reactive ketones (excluding diaryl/α,β-unsaturated/α-hetero) is 1. The number of carbonyl (C=O) groups excluding carboxylic acids is 1. The molecular formula is C17H17ClO4. The van der Waals surface area contributed by atoms with Crippen molar-refractivity contribution in [3.63, 3.8) is 0 Å². The molecule has 116 valence electrons. The second-order valence-corrected chi connectivity index (χ2v) is 5.25. The van der Waals surface area contributed by atoms with Crippen LogP contribution >= 0.6 is 11.6 Å². The average Bonchev–Trinajstić information content (AvgIpc) is 2.51. The molecule has 0 radical (unpaired) electrons. The summed E-state index contributed by atoms with van der Waals surface area (Å²) in [5.41, 5.74) is 1.11. The molecule has 4 nitrogen and oxygen atoms in total. The van der Waals surface area contributed by atoms with Gasteiger partial charge in [-0.05, 0) is 18.1 Å². The Labute approximate surface area is 134 Å². The topological polar surface area (TPSA) is 66.8 Å². The highest BCUT2D eigenvalue weighted by atomic mass is 35.5. The molecule has 1 aromatic rings. The summed E-state index contributed by atoms with van der Waals surface area (Å²) >= 11 is 5.87. The standard InChI is InChI=1S/C17H17ClO4/c1-2-3-5-11(6-4-7-19)13-10-22-16-9-15(20)14(18)8-12(16)17(13)21/h2,4-6,8-9,13,19-20H,1,3,7,10H2/b6-4-,11-5+. The number of aromatic hydroxyl groups is 1. The van der Waals surface area contributed by atoms with Crippen LogP contribution in [0.4, 0.5) is 0 Å². The molecule has 0 bridgehead atoms. The van der Waals surface area contributed by atoms with E-state index < -0.39 is 5.92 Å². The van der Waals surface area contributed by atoms with Crippen molar-refractivity contribution in [2.75, 3.05) is 13.2 Å². The second kappa shape index (κ2) is 7.29. The minimum atomic E-state index is -0.476. The number of hydrogen-bond acceptors (Lipinski definition) is 4. The van der Waals surface area contributed by atoms with Gasteiger partial charge in [-0.3, -0.25) is 4.79 Å². The first kappa shape index (κ1) is 16.3. The lowest BCUT2D eigenvalue weighted by Gasteiger charge is -2.25. The molecule has 0 saturated carbocycles. The number of carbonyl (C=O) groups is 1. The summed E-state index contributed by atoms with van der Waals surface area (Å²) in [5, 5.41) is 18.6. The van der Waals surface area contributed by atoms with Gasteiger partial charge in [0.1, 0.15) is 18.1 Å². The molecule has 0 saturated heterocycles. The molecule has 2 N–H and O–H groups in total. The van der Waals surface area contributed by atoms with Gasteiger partial charge in [-0.1, -0.05) is 35.9 Å². The molecule has 1 atom stereocenters. The summed E-state index contributed by atoms with van der Waals surface area (Å²) < 4.78 is 5.58. The Bertz CT molecular complexity index is 646. The number of ketones is 1. The predicted molar refractivity (Wildman–Crippen MR) is 85.6 cm³/mol. The van der Waals surface area contributed by atoms with Crippen LogP contribution in [0.2, 0.25) is 5.02 Å². The molecule has 0 aromatic heterocycles. The van der Waals surface area contributed by atoms with Crippen molar-refractivity contribution in [3.05, 3.63) is 59.2 Å². The Hall–Kier alpha value is -2.04. The molecule has 1 aliphatic rings. The monoisotopic (exact) mass is 320 g/mol. The Morgan fingerprint density at radius 1 is 1.50 bits per heavy atom. The molecule has 1 aliphatic heterocycles. The van der Waals surface area contributed by atoms with Gasteiger partial charge in [0.25, 0.3) is 0 Å². The van der Waals surface area contributed by atoms with Crippen LogP contribution in [0.15, 0.2) is 48.6 Å². The largest absolute Gasteiger partial charge is 0.506 e. The average molecular weight is 321 g/mol. The Kier molecular flexibility index (Phi) is 5.41. The fraction of sp³-hybridized carbons (Fsp3) is 0.235. The minimum Gasteiger partial charge on any atom is -0.506 e. The first-order chi connectivity index (χ1) is 10.6. The lowest BCUT2D eigenvalue weighted by Crippen LogP contribution is -2.29. The zero-order valence-corrected chi connectivity index (χ0v) is 12.7. The number of phenolic OH excluding ortho intramolecular Hbond substituents is 1. The first-order valence-electron chi connectivity index (χ1n) is 6.86. The quantitative estimate of drug-likeness (QED) is 0.645. The van der Waals surface area contributed by atoms with E-state index in [0.29, 0.717) is 17.7 Å². The van der Waals surface area contributed by atoms with Crippen molar-refractivity contribution in [2.45, 2.75) is 6.42 Å². The fourth-order valence-electron chi connectivity index (χ4n) is 2.27. The number of allylic oxidation sites excluding steroid dienone is 3. The van der Waals surface area contributed by atoms with Gasteiger partial charge in [-0.2, -0.15) is 0 Å². The van der Waals surface area contributed by atoms with E-state index in [0.717, 1.165) is 5.57 Å². The minimum absolute atomic E-state index is 0.108. The molecule has 0 spiro atoms. The zero-order chi connectivity index (χ0) is 16.1. The van der Waals surface area contributed by atoms with Crippen molar-refractivity contribution >= 4 is 17.4 Å².